The molecule has 0 radical (unpaired) electrons. The molecule has 3 rings (SSSR count). The van der Waals surface area contributed by atoms with Crippen molar-refractivity contribution in [1.29, 1.82) is 0 Å². The molecule has 3 aromatic rings. The van der Waals surface area contributed by atoms with Crippen LogP contribution in [0.2, 0.25) is 0 Å². The largest absolute Gasteiger partial charge is 0.267 e. The highest BCUT2D eigenvalue weighted by atomic mass is 32.2. The molecule has 0 aliphatic carbocycles. The molecule has 25 heavy (non-hydrogen) atoms. The van der Waals surface area contributed by atoms with Gasteiger partial charge < -0.3 is 0 Å². The second-order valence-corrected chi connectivity index (χ2v) is 7.02. The lowest BCUT2D eigenvalue weighted by atomic mass is 10.1. The molecule has 0 spiro atoms. The topological polar surface area (TPSA) is 76.9 Å². The van der Waals surface area contributed by atoms with Gasteiger partial charge in [0.25, 0.3) is 16.0 Å². The van der Waals surface area contributed by atoms with Gasteiger partial charge in [-0.3, -0.25) is 0 Å². The maximum absolute atomic E-state index is 13.7. The molecule has 9 heteroatoms. The van der Waals surface area contributed by atoms with E-state index in [1.165, 1.54) is 11.0 Å². The Morgan fingerprint density at radius 3 is 2.68 bits per heavy atom. The van der Waals surface area contributed by atoms with Gasteiger partial charge in [-0.15, -0.1) is 5.10 Å². The number of rotatable bonds is 5. The zero-order valence-electron chi connectivity index (χ0n) is 13.1. The van der Waals surface area contributed by atoms with E-state index >= 15 is 0 Å². The summed E-state index contributed by atoms with van der Waals surface area (Å²) in [5.74, 6) is -2.15. The number of benzene rings is 2. The molecule has 0 bridgehead atoms. The third kappa shape index (κ3) is 3.82. The molecule has 0 fully saturated rings. The van der Waals surface area contributed by atoms with Crippen molar-refractivity contribution in [1.82, 2.24) is 14.8 Å². The van der Waals surface area contributed by atoms with Gasteiger partial charge in [-0.05, 0) is 36.2 Å². The zero-order valence-corrected chi connectivity index (χ0v) is 14.0. The summed E-state index contributed by atoms with van der Waals surface area (Å²) < 4.78 is 54.8. The summed E-state index contributed by atoms with van der Waals surface area (Å²) in [7, 11) is -4.34. The predicted octanol–water partition coefficient (Wildman–Crippen LogP) is 2.71. The molecule has 0 saturated carbocycles. The predicted molar refractivity (Wildman–Crippen MR) is 87.5 cm³/mol. The van der Waals surface area contributed by atoms with Crippen LogP contribution in [0.5, 0.6) is 0 Å². The highest BCUT2D eigenvalue weighted by Gasteiger charge is 2.21. The molecule has 0 aliphatic rings. The number of anilines is 1. The molecule has 1 heterocycles. The van der Waals surface area contributed by atoms with Gasteiger partial charge in [0, 0.05) is 0 Å². The smallest absolute Gasteiger partial charge is 0.246 e. The van der Waals surface area contributed by atoms with Crippen molar-refractivity contribution in [2.24, 2.45) is 0 Å². The minimum Gasteiger partial charge on any atom is -0.246 e. The van der Waals surface area contributed by atoms with Gasteiger partial charge in [0.05, 0.1) is 6.54 Å². The van der Waals surface area contributed by atoms with E-state index in [-0.39, 0.29) is 5.95 Å². The average molecular weight is 364 g/mol. The van der Waals surface area contributed by atoms with Crippen LogP contribution in [-0.2, 0) is 16.6 Å². The van der Waals surface area contributed by atoms with Crippen LogP contribution in [0.25, 0.3) is 0 Å². The monoisotopic (exact) mass is 364 g/mol. The first kappa shape index (κ1) is 17.0. The minimum atomic E-state index is -4.34. The Labute approximate surface area is 143 Å². The van der Waals surface area contributed by atoms with E-state index in [4.69, 9.17) is 0 Å². The minimum absolute atomic E-state index is 0.225. The lowest BCUT2D eigenvalue weighted by Crippen LogP contribution is -2.16. The van der Waals surface area contributed by atoms with Gasteiger partial charge in [-0.1, -0.05) is 24.3 Å². The number of aryl methyl sites for hydroxylation is 1. The maximum Gasteiger partial charge on any atom is 0.267 e. The number of nitrogens with one attached hydrogen (secondary N) is 1. The van der Waals surface area contributed by atoms with E-state index in [9.17, 15) is 17.2 Å². The van der Waals surface area contributed by atoms with Crippen LogP contribution >= 0.6 is 0 Å². The van der Waals surface area contributed by atoms with Crippen LogP contribution in [-0.4, -0.2) is 23.2 Å². The third-order valence-corrected chi connectivity index (χ3v) is 4.88. The van der Waals surface area contributed by atoms with Crippen molar-refractivity contribution < 1.29 is 17.2 Å². The number of aromatic nitrogens is 3. The fourth-order valence-electron chi connectivity index (χ4n) is 2.24. The molecule has 130 valence electrons. The van der Waals surface area contributed by atoms with E-state index in [0.29, 0.717) is 12.6 Å². The van der Waals surface area contributed by atoms with Crippen LogP contribution in [0.3, 0.4) is 0 Å². The SMILES string of the molecule is Cc1ccccc1Cn1cnc(NS(=O)(=O)c2cc(F)ccc2F)n1. The van der Waals surface area contributed by atoms with Gasteiger partial charge in [-0.25, -0.2) is 26.6 Å². The standard InChI is InChI=1S/C16H14F2N4O2S/c1-11-4-2-3-5-12(11)9-22-10-19-16(20-22)21-25(23,24)15-8-13(17)6-7-14(15)18/h2-8,10H,9H2,1H3,(H,20,21). The highest BCUT2D eigenvalue weighted by Crippen LogP contribution is 2.18. The molecule has 0 saturated heterocycles. The zero-order chi connectivity index (χ0) is 18.0. The Hall–Kier alpha value is -2.81. The molecular formula is C16H14F2N4O2S. The maximum atomic E-state index is 13.7. The van der Waals surface area contributed by atoms with E-state index in [1.807, 2.05) is 35.9 Å². The van der Waals surface area contributed by atoms with Crippen LogP contribution in [0.4, 0.5) is 14.7 Å². The molecule has 2 aromatic carbocycles. The van der Waals surface area contributed by atoms with Crippen molar-refractivity contribution in [2.45, 2.75) is 18.4 Å². The summed E-state index contributed by atoms with van der Waals surface area (Å²) in [6.45, 7) is 2.35. The number of hydrogen-bond donors (Lipinski definition) is 1. The van der Waals surface area contributed by atoms with Crippen molar-refractivity contribution in [3.05, 3.63) is 71.6 Å². The van der Waals surface area contributed by atoms with Crippen molar-refractivity contribution >= 4 is 16.0 Å². The summed E-state index contributed by atoms with van der Waals surface area (Å²) in [5.41, 5.74) is 2.06. The van der Waals surface area contributed by atoms with Crippen molar-refractivity contribution in [3.63, 3.8) is 0 Å². The number of hydrogen-bond acceptors (Lipinski definition) is 4. The fourth-order valence-corrected chi connectivity index (χ4v) is 3.27. The van der Waals surface area contributed by atoms with E-state index < -0.39 is 26.6 Å². The van der Waals surface area contributed by atoms with E-state index in [0.717, 1.165) is 23.3 Å². The Morgan fingerprint density at radius 1 is 1.16 bits per heavy atom. The first-order valence-electron chi connectivity index (χ1n) is 7.27. The number of nitrogens with zero attached hydrogens (tertiary/aromatic N) is 3. The fraction of sp³-hybridized carbons (Fsp3) is 0.125. The van der Waals surface area contributed by atoms with Crippen molar-refractivity contribution in [3.8, 4) is 0 Å². The average Bonchev–Trinajstić information content (AvgIpc) is 2.98. The quantitative estimate of drug-likeness (QED) is 0.755. The van der Waals surface area contributed by atoms with Crippen LogP contribution < -0.4 is 4.72 Å². The molecule has 0 atom stereocenters. The lowest BCUT2D eigenvalue weighted by Gasteiger charge is -2.06. The number of halogens is 2. The van der Waals surface area contributed by atoms with Gasteiger partial charge in [-0.2, -0.15) is 4.98 Å². The molecule has 0 unspecified atom stereocenters. The highest BCUT2D eigenvalue weighted by molar-refractivity contribution is 7.92. The lowest BCUT2D eigenvalue weighted by molar-refractivity contribution is 0.555. The summed E-state index contributed by atoms with van der Waals surface area (Å²) in [5, 5.41) is 4.01. The van der Waals surface area contributed by atoms with Crippen molar-refractivity contribution in [2.75, 3.05) is 4.72 Å². The van der Waals surface area contributed by atoms with Crippen LogP contribution in [0.15, 0.2) is 53.7 Å². The van der Waals surface area contributed by atoms with Crippen LogP contribution in [0.1, 0.15) is 11.1 Å². The number of sulfonamides is 1. The first-order valence-corrected chi connectivity index (χ1v) is 8.75. The van der Waals surface area contributed by atoms with Gasteiger partial charge in [0.2, 0.25) is 0 Å². The Morgan fingerprint density at radius 2 is 1.92 bits per heavy atom. The molecule has 6 nitrogen and oxygen atoms in total. The molecule has 0 amide bonds. The molecule has 0 aliphatic heterocycles. The van der Waals surface area contributed by atoms with Gasteiger partial charge >= 0.3 is 0 Å². The Balaban J connectivity index is 1.81. The normalized spacial score (nSPS) is 11.5. The molecular weight excluding hydrogens is 350 g/mol. The molecule has 1 N–H and O–H groups in total. The third-order valence-electron chi connectivity index (χ3n) is 3.54. The van der Waals surface area contributed by atoms with Crippen LogP contribution in [0, 0.1) is 18.6 Å². The summed E-state index contributed by atoms with van der Waals surface area (Å²) in [6.07, 6.45) is 1.35. The summed E-state index contributed by atoms with van der Waals surface area (Å²) >= 11 is 0. The second kappa shape index (κ2) is 6.60. The summed E-state index contributed by atoms with van der Waals surface area (Å²) in [6, 6.07) is 9.84. The Bertz CT molecular complexity index is 1020. The van der Waals surface area contributed by atoms with E-state index in [2.05, 4.69) is 10.1 Å². The van der Waals surface area contributed by atoms with Gasteiger partial charge in [0.1, 0.15) is 22.9 Å². The second-order valence-electron chi connectivity index (χ2n) is 5.37. The first-order chi connectivity index (χ1) is 11.8. The Kier molecular flexibility index (Phi) is 4.49. The summed E-state index contributed by atoms with van der Waals surface area (Å²) in [4.78, 5) is 3.05. The van der Waals surface area contributed by atoms with Gasteiger partial charge in [0.15, 0.2) is 0 Å². The molecule has 1 aromatic heterocycles. The van der Waals surface area contributed by atoms with E-state index in [1.54, 1.807) is 0 Å².